The van der Waals surface area contributed by atoms with Crippen LogP contribution in [0.1, 0.15) is 29.2 Å². The maximum atomic E-state index is 12.3. The normalized spacial score (nSPS) is 23.9. The Bertz CT molecular complexity index is 1010. The first-order valence-corrected chi connectivity index (χ1v) is 10.5. The summed E-state index contributed by atoms with van der Waals surface area (Å²) in [6.07, 6.45) is 4.81. The minimum absolute atomic E-state index is 0.0241. The van der Waals surface area contributed by atoms with Crippen LogP contribution in [0.4, 0.5) is 0 Å². The largest absolute Gasteiger partial charge is 0.478 e. The molecule has 1 saturated heterocycles. The fraction of sp³-hybridized carbons (Fsp3) is 0.389. The van der Waals surface area contributed by atoms with Gasteiger partial charge in [0.1, 0.15) is 5.82 Å². The molecular weight excluding hydrogens is 370 g/mol. The second kappa shape index (κ2) is 6.49. The van der Waals surface area contributed by atoms with Gasteiger partial charge in [-0.3, -0.25) is 4.79 Å². The van der Waals surface area contributed by atoms with Crippen LogP contribution in [0, 0.1) is 5.92 Å². The van der Waals surface area contributed by atoms with Gasteiger partial charge in [-0.25, -0.2) is 18.2 Å². The average Bonchev–Trinajstić information content (AvgIpc) is 3.28. The summed E-state index contributed by atoms with van der Waals surface area (Å²) in [7, 11) is -3.33. The number of hydrogen-bond acceptors (Lipinski definition) is 5. The van der Waals surface area contributed by atoms with Crippen molar-refractivity contribution in [3.8, 4) is 11.4 Å². The highest BCUT2D eigenvalue weighted by Gasteiger charge is 2.42. The zero-order valence-electron chi connectivity index (χ0n) is 14.4. The molecule has 142 valence electrons. The number of imidazole rings is 1. The average molecular weight is 389 g/mol. The second-order valence-electron chi connectivity index (χ2n) is 7.04. The number of carbonyl (C=O) groups excluding carboxylic acids is 1. The molecule has 1 aliphatic heterocycles. The fourth-order valence-corrected chi connectivity index (χ4v) is 5.44. The number of carboxylic acids is 1. The molecule has 1 saturated carbocycles. The van der Waals surface area contributed by atoms with Gasteiger partial charge in [0.2, 0.25) is 5.91 Å². The van der Waals surface area contributed by atoms with Gasteiger partial charge in [0, 0.05) is 23.9 Å². The Labute approximate surface area is 156 Å². The maximum Gasteiger partial charge on any atom is 0.336 e. The van der Waals surface area contributed by atoms with Crippen molar-refractivity contribution in [2.75, 3.05) is 11.5 Å². The lowest BCUT2D eigenvalue weighted by Crippen LogP contribution is -2.41. The van der Waals surface area contributed by atoms with E-state index in [-0.39, 0.29) is 28.9 Å². The van der Waals surface area contributed by atoms with Crippen LogP contribution in [-0.2, 0) is 14.6 Å². The van der Waals surface area contributed by atoms with Gasteiger partial charge in [-0.1, -0.05) is 18.2 Å². The zero-order chi connectivity index (χ0) is 19.2. The molecule has 4 rings (SSSR count). The van der Waals surface area contributed by atoms with Crippen LogP contribution in [-0.4, -0.2) is 52.5 Å². The Morgan fingerprint density at radius 3 is 2.63 bits per heavy atom. The first-order valence-electron chi connectivity index (χ1n) is 8.72. The number of aromatic nitrogens is 2. The monoisotopic (exact) mass is 389 g/mol. The molecule has 0 spiro atoms. The molecule has 2 fully saturated rings. The van der Waals surface area contributed by atoms with Crippen molar-refractivity contribution in [2.45, 2.75) is 24.9 Å². The first-order chi connectivity index (χ1) is 12.9. The molecule has 9 heteroatoms. The van der Waals surface area contributed by atoms with E-state index in [0.29, 0.717) is 11.4 Å². The lowest BCUT2D eigenvalue weighted by molar-refractivity contribution is -0.123. The quantitative estimate of drug-likeness (QED) is 0.791. The molecule has 1 aromatic carbocycles. The molecule has 8 nitrogen and oxygen atoms in total. The summed E-state index contributed by atoms with van der Waals surface area (Å²) in [4.78, 5) is 28.0. The van der Waals surface area contributed by atoms with E-state index in [0.717, 1.165) is 12.8 Å². The summed E-state index contributed by atoms with van der Waals surface area (Å²) in [5.74, 6) is -1.10. The lowest BCUT2D eigenvalue weighted by atomic mass is 10.1. The van der Waals surface area contributed by atoms with Gasteiger partial charge in [-0.15, -0.1) is 0 Å². The standard InChI is InChI=1S/C18H19N3O5S/c22-17(11-5-6-11)20-14-9-27(25,26)10-15(14)21-8-7-19-16(21)12-3-1-2-4-13(12)18(23)24/h1-4,7-8,11,14-15H,5-6,9-10H2,(H,20,22)(H,23,24)/t14-,15-/m1/s1. The van der Waals surface area contributed by atoms with Crippen LogP contribution in [0.5, 0.6) is 0 Å². The molecule has 1 aliphatic carbocycles. The van der Waals surface area contributed by atoms with Crippen LogP contribution < -0.4 is 5.32 Å². The molecule has 0 radical (unpaired) electrons. The minimum atomic E-state index is -3.33. The van der Waals surface area contributed by atoms with Gasteiger partial charge in [0.05, 0.1) is 29.2 Å². The zero-order valence-corrected chi connectivity index (χ0v) is 15.2. The Balaban J connectivity index is 1.72. The van der Waals surface area contributed by atoms with Crippen LogP contribution in [0.2, 0.25) is 0 Å². The molecule has 0 bridgehead atoms. The highest BCUT2D eigenvalue weighted by Crippen LogP contribution is 2.33. The highest BCUT2D eigenvalue weighted by atomic mass is 32.2. The molecule has 2 heterocycles. The van der Waals surface area contributed by atoms with E-state index in [9.17, 15) is 23.1 Å². The van der Waals surface area contributed by atoms with Crippen molar-refractivity contribution in [1.29, 1.82) is 0 Å². The van der Waals surface area contributed by atoms with Crippen molar-refractivity contribution in [3.63, 3.8) is 0 Å². The number of aromatic carboxylic acids is 1. The number of carboxylic acid groups (broad SMARTS) is 1. The van der Waals surface area contributed by atoms with Gasteiger partial charge in [-0.05, 0) is 18.9 Å². The number of sulfone groups is 1. The minimum Gasteiger partial charge on any atom is -0.478 e. The molecule has 2 N–H and O–H groups in total. The van der Waals surface area contributed by atoms with Crippen LogP contribution in [0.15, 0.2) is 36.7 Å². The molecule has 2 atom stereocenters. The van der Waals surface area contributed by atoms with E-state index in [1.807, 2.05) is 0 Å². The third-order valence-corrected chi connectivity index (χ3v) is 6.74. The predicted octanol–water partition coefficient (Wildman–Crippen LogP) is 1.11. The van der Waals surface area contributed by atoms with E-state index >= 15 is 0 Å². The first kappa shape index (κ1) is 17.7. The number of rotatable bonds is 5. The number of carbonyl (C=O) groups is 2. The Morgan fingerprint density at radius 2 is 1.93 bits per heavy atom. The molecule has 1 amide bonds. The topological polar surface area (TPSA) is 118 Å². The number of benzene rings is 1. The number of nitrogens with zero attached hydrogens (tertiary/aromatic N) is 2. The van der Waals surface area contributed by atoms with Crippen molar-refractivity contribution in [2.24, 2.45) is 5.92 Å². The van der Waals surface area contributed by atoms with E-state index in [4.69, 9.17) is 0 Å². The molecule has 2 aliphatic rings. The molecular formula is C18H19N3O5S. The fourth-order valence-electron chi connectivity index (χ4n) is 3.54. The van der Waals surface area contributed by atoms with Crippen molar-refractivity contribution in [3.05, 3.63) is 42.2 Å². The van der Waals surface area contributed by atoms with E-state index < -0.39 is 27.9 Å². The lowest BCUT2D eigenvalue weighted by Gasteiger charge is -2.23. The van der Waals surface area contributed by atoms with Gasteiger partial charge in [0.25, 0.3) is 0 Å². The Morgan fingerprint density at radius 1 is 1.19 bits per heavy atom. The molecule has 2 aromatic rings. The summed E-state index contributed by atoms with van der Waals surface area (Å²) >= 11 is 0. The number of amides is 1. The number of nitrogens with one attached hydrogen (secondary N) is 1. The summed E-state index contributed by atoms with van der Waals surface area (Å²) in [6, 6.07) is 5.36. The highest BCUT2D eigenvalue weighted by molar-refractivity contribution is 7.91. The third-order valence-electron chi connectivity index (χ3n) is 5.02. The second-order valence-corrected chi connectivity index (χ2v) is 9.20. The Hall–Kier alpha value is -2.68. The van der Waals surface area contributed by atoms with Gasteiger partial charge < -0.3 is 15.0 Å². The van der Waals surface area contributed by atoms with Gasteiger partial charge in [-0.2, -0.15) is 0 Å². The Kier molecular flexibility index (Phi) is 4.26. The SMILES string of the molecule is O=C(O)c1ccccc1-c1nccn1[C@@H]1CS(=O)(=O)C[C@H]1NC(=O)C1CC1. The van der Waals surface area contributed by atoms with E-state index in [2.05, 4.69) is 10.3 Å². The summed E-state index contributed by atoms with van der Waals surface area (Å²) in [5.41, 5.74) is 0.496. The van der Waals surface area contributed by atoms with Gasteiger partial charge in [0.15, 0.2) is 9.84 Å². The third kappa shape index (κ3) is 3.46. The van der Waals surface area contributed by atoms with Crippen LogP contribution >= 0.6 is 0 Å². The van der Waals surface area contributed by atoms with E-state index in [1.54, 1.807) is 29.0 Å². The van der Waals surface area contributed by atoms with Crippen molar-refractivity contribution in [1.82, 2.24) is 14.9 Å². The molecule has 0 unspecified atom stereocenters. The van der Waals surface area contributed by atoms with Crippen molar-refractivity contribution < 1.29 is 23.1 Å². The van der Waals surface area contributed by atoms with Crippen LogP contribution in [0.3, 0.4) is 0 Å². The predicted molar refractivity (Wildman–Crippen MR) is 97.0 cm³/mol. The molecule has 27 heavy (non-hydrogen) atoms. The molecule has 1 aromatic heterocycles. The summed E-state index contributed by atoms with van der Waals surface area (Å²) < 4.78 is 26.2. The summed E-state index contributed by atoms with van der Waals surface area (Å²) in [5, 5.41) is 12.3. The number of hydrogen-bond donors (Lipinski definition) is 2. The van der Waals surface area contributed by atoms with Crippen molar-refractivity contribution >= 4 is 21.7 Å². The summed E-state index contributed by atoms with van der Waals surface area (Å²) in [6.45, 7) is 0. The van der Waals surface area contributed by atoms with Gasteiger partial charge >= 0.3 is 5.97 Å². The van der Waals surface area contributed by atoms with Crippen LogP contribution in [0.25, 0.3) is 11.4 Å². The maximum absolute atomic E-state index is 12.3. The smallest absolute Gasteiger partial charge is 0.336 e. The van der Waals surface area contributed by atoms with E-state index in [1.165, 1.54) is 12.3 Å².